The van der Waals surface area contributed by atoms with E-state index in [1.54, 1.807) is 17.0 Å². The van der Waals surface area contributed by atoms with Gasteiger partial charge in [-0.1, -0.05) is 12.1 Å². The van der Waals surface area contributed by atoms with E-state index < -0.39 is 12.6 Å². The number of alkyl halides is 3. The number of fused-ring (bicyclic) bond motifs is 2. The standard InChI is InChI=1S/C22H21F3N4O/c23-22(24,25)9-3-11-27-17(12-15-13-26-10-8-18(15)27)14-28-19-4-1-2-5-20(19)29(21(28)30)16-6-7-16/h1-2,4-5,8,10,12-13,16H,3,6-7,9,11,14H2. The molecule has 1 saturated carbocycles. The molecule has 1 aliphatic rings. The quantitative estimate of drug-likeness (QED) is 0.452. The highest BCUT2D eigenvalue weighted by Crippen LogP contribution is 2.36. The number of halogens is 3. The molecule has 156 valence electrons. The zero-order chi connectivity index (χ0) is 20.9. The molecule has 4 aromatic rings. The van der Waals surface area contributed by atoms with E-state index in [4.69, 9.17) is 0 Å². The summed E-state index contributed by atoms with van der Waals surface area (Å²) in [5.41, 5.74) is 3.33. The van der Waals surface area contributed by atoms with Crippen LogP contribution in [0.1, 0.15) is 37.4 Å². The van der Waals surface area contributed by atoms with Crippen molar-refractivity contribution in [3.05, 3.63) is 65.0 Å². The molecule has 30 heavy (non-hydrogen) atoms. The molecule has 0 saturated heterocycles. The molecule has 5 rings (SSSR count). The van der Waals surface area contributed by atoms with Gasteiger partial charge in [-0.2, -0.15) is 13.2 Å². The van der Waals surface area contributed by atoms with Crippen molar-refractivity contribution in [3.63, 3.8) is 0 Å². The Hall–Kier alpha value is -3.03. The molecule has 0 amide bonds. The number of aromatic nitrogens is 4. The second-order valence-electron chi connectivity index (χ2n) is 7.90. The van der Waals surface area contributed by atoms with Crippen LogP contribution in [0.3, 0.4) is 0 Å². The molecule has 0 N–H and O–H groups in total. The Bertz CT molecular complexity index is 1280. The van der Waals surface area contributed by atoms with Crippen molar-refractivity contribution in [1.29, 1.82) is 0 Å². The summed E-state index contributed by atoms with van der Waals surface area (Å²) in [6, 6.07) is 11.7. The fourth-order valence-corrected chi connectivity index (χ4v) is 4.23. The second kappa shape index (κ2) is 7.04. The number of aryl methyl sites for hydroxylation is 1. The lowest BCUT2D eigenvalue weighted by Gasteiger charge is -2.12. The van der Waals surface area contributed by atoms with E-state index in [-0.39, 0.29) is 24.7 Å². The number of pyridine rings is 1. The molecular weight excluding hydrogens is 393 g/mol. The summed E-state index contributed by atoms with van der Waals surface area (Å²) < 4.78 is 43.5. The number of imidazole rings is 1. The molecule has 0 aliphatic heterocycles. The summed E-state index contributed by atoms with van der Waals surface area (Å²) in [7, 11) is 0. The molecule has 0 unspecified atom stereocenters. The van der Waals surface area contributed by atoms with E-state index >= 15 is 0 Å². The monoisotopic (exact) mass is 414 g/mol. The van der Waals surface area contributed by atoms with Crippen LogP contribution in [0, 0.1) is 0 Å². The molecule has 1 aromatic carbocycles. The molecule has 8 heteroatoms. The minimum absolute atomic E-state index is 0.0126. The van der Waals surface area contributed by atoms with E-state index in [0.29, 0.717) is 6.54 Å². The minimum Gasteiger partial charge on any atom is -0.343 e. The highest BCUT2D eigenvalue weighted by Gasteiger charge is 2.29. The highest BCUT2D eigenvalue weighted by molar-refractivity contribution is 5.80. The molecule has 0 radical (unpaired) electrons. The molecule has 3 aromatic heterocycles. The van der Waals surface area contributed by atoms with Gasteiger partial charge < -0.3 is 4.57 Å². The van der Waals surface area contributed by atoms with Gasteiger partial charge in [0, 0.05) is 42.5 Å². The third-order valence-corrected chi connectivity index (χ3v) is 5.73. The van der Waals surface area contributed by atoms with E-state index in [1.165, 1.54) is 0 Å². The summed E-state index contributed by atoms with van der Waals surface area (Å²) in [6.07, 6.45) is 0.306. The topological polar surface area (TPSA) is 44.8 Å². The highest BCUT2D eigenvalue weighted by atomic mass is 19.4. The van der Waals surface area contributed by atoms with Crippen LogP contribution in [0.2, 0.25) is 0 Å². The predicted molar refractivity (Wildman–Crippen MR) is 109 cm³/mol. The third-order valence-electron chi connectivity index (χ3n) is 5.73. The molecule has 0 bridgehead atoms. The first-order chi connectivity index (χ1) is 14.4. The summed E-state index contributed by atoms with van der Waals surface area (Å²) in [5.74, 6) is 0. The first-order valence-electron chi connectivity index (χ1n) is 10.1. The Morgan fingerprint density at radius 2 is 1.80 bits per heavy atom. The van der Waals surface area contributed by atoms with Crippen LogP contribution < -0.4 is 5.69 Å². The van der Waals surface area contributed by atoms with Gasteiger partial charge >= 0.3 is 11.9 Å². The van der Waals surface area contributed by atoms with Gasteiger partial charge in [0.15, 0.2) is 0 Å². The van der Waals surface area contributed by atoms with E-state index in [9.17, 15) is 18.0 Å². The molecule has 0 spiro atoms. The molecule has 1 fully saturated rings. The fraction of sp³-hybridized carbons (Fsp3) is 0.364. The third kappa shape index (κ3) is 3.40. The normalized spacial score (nSPS) is 14.8. The second-order valence-corrected chi connectivity index (χ2v) is 7.90. The van der Waals surface area contributed by atoms with E-state index in [2.05, 4.69) is 4.98 Å². The van der Waals surface area contributed by atoms with E-state index in [1.807, 2.05) is 45.5 Å². The van der Waals surface area contributed by atoms with Crippen molar-refractivity contribution in [3.8, 4) is 0 Å². The Labute approximate surface area is 170 Å². The van der Waals surface area contributed by atoms with Gasteiger partial charge in [0.25, 0.3) is 0 Å². The van der Waals surface area contributed by atoms with Crippen LogP contribution in [0.5, 0.6) is 0 Å². The number of nitrogens with zero attached hydrogens (tertiary/aromatic N) is 4. The average molecular weight is 414 g/mol. The van der Waals surface area contributed by atoms with Crippen molar-refractivity contribution in [2.24, 2.45) is 0 Å². The number of para-hydroxylation sites is 2. The number of hydrogen-bond acceptors (Lipinski definition) is 2. The average Bonchev–Trinajstić information content (AvgIpc) is 3.42. The van der Waals surface area contributed by atoms with Gasteiger partial charge in [-0.3, -0.25) is 14.1 Å². The van der Waals surface area contributed by atoms with Crippen LogP contribution in [-0.2, 0) is 13.1 Å². The largest absolute Gasteiger partial charge is 0.389 e. The Kier molecular flexibility index (Phi) is 4.45. The van der Waals surface area contributed by atoms with Crippen LogP contribution in [-0.4, -0.2) is 24.9 Å². The molecule has 0 atom stereocenters. The molecule has 3 heterocycles. The summed E-state index contributed by atoms with van der Waals surface area (Å²) >= 11 is 0. The van der Waals surface area contributed by atoms with Crippen LogP contribution >= 0.6 is 0 Å². The van der Waals surface area contributed by atoms with Crippen molar-refractivity contribution in [2.45, 2.75) is 51.0 Å². The molecular formula is C22H21F3N4O. The minimum atomic E-state index is -4.18. The smallest absolute Gasteiger partial charge is 0.343 e. The maximum absolute atomic E-state index is 13.2. The molecule has 1 aliphatic carbocycles. The number of rotatable bonds is 6. The van der Waals surface area contributed by atoms with Gasteiger partial charge in [0.1, 0.15) is 0 Å². The Balaban J connectivity index is 1.57. The van der Waals surface area contributed by atoms with Gasteiger partial charge in [0.2, 0.25) is 0 Å². The molecule has 5 nitrogen and oxygen atoms in total. The van der Waals surface area contributed by atoms with Crippen molar-refractivity contribution in [2.75, 3.05) is 0 Å². The lowest BCUT2D eigenvalue weighted by molar-refractivity contribution is -0.135. The lowest BCUT2D eigenvalue weighted by atomic mass is 10.3. The van der Waals surface area contributed by atoms with E-state index in [0.717, 1.165) is 40.5 Å². The first-order valence-corrected chi connectivity index (χ1v) is 10.1. The van der Waals surface area contributed by atoms with Crippen LogP contribution in [0.15, 0.2) is 53.6 Å². The zero-order valence-electron chi connectivity index (χ0n) is 16.3. The zero-order valence-corrected chi connectivity index (χ0v) is 16.3. The first kappa shape index (κ1) is 19.0. The van der Waals surface area contributed by atoms with Crippen LogP contribution in [0.4, 0.5) is 13.2 Å². The maximum atomic E-state index is 13.2. The number of benzene rings is 1. The summed E-state index contributed by atoms with van der Waals surface area (Å²) in [6.45, 7) is 0.540. The van der Waals surface area contributed by atoms with Crippen LogP contribution in [0.25, 0.3) is 21.9 Å². The Morgan fingerprint density at radius 3 is 2.53 bits per heavy atom. The SMILES string of the molecule is O=c1n(Cc2cc3cnccc3n2CCCC(F)(F)F)c2ccccc2n1C1CC1. The predicted octanol–water partition coefficient (Wildman–Crippen LogP) is 4.88. The van der Waals surface area contributed by atoms with Crippen molar-refractivity contribution >= 4 is 21.9 Å². The maximum Gasteiger partial charge on any atom is 0.389 e. The van der Waals surface area contributed by atoms with Gasteiger partial charge in [-0.05, 0) is 43.5 Å². The Morgan fingerprint density at radius 1 is 1.03 bits per heavy atom. The lowest BCUT2D eigenvalue weighted by Crippen LogP contribution is -2.25. The van der Waals surface area contributed by atoms with Gasteiger partial charge in [0.05, 0.1) is 23.1 Å². The summed E-state index contributed by atoms with van der Waals surface area (Å²) in [4.78, 5) is 17.3. The van der Waals surface area contributed by atoms with Gasteiger partial charge in [-0.25, -0.2) is 4.79 Å². The summed E-state index contributed by atoms with van der Waals surface area (Å²) in [5, 5.41) is 0.860. The fourth-order valence-electron chi connectivity index (χ4n) is 4.23. The number of hydrogen-bond donors (Lipinski definition) is 0. The van der Waals surface area contributed by atoms with Gasteiger partial charge in [-0.15, -0.1) is 0 Å². The van der Waals surface area contributed by atoms with Crippen molar-refractivity contribution in [1.82, 2.24) is 18.7 Å². The van der Waals surface area contributed by atoms with Crippen molar-refractivity contribution < 1.29 is 13.2 Å².